The number of nitrogens with one attached hydrogen (secondary N) is 1. The van der Waals surface area contributed by atoms with Gasteiger partial charge in [0, 0.05) is 22.1 Å². The number of amides is 2. The molecule has 2 aliphatic rings. The molecule has 2 amide bonds. The number of halogens is 5. The summed E-state index contributed by atoms with van der Waals surface area (Å²) in [5.74, 6) is -2.44. The number of carbonyl (C=O) groups is 2. The maximum atomic E-state index is 14.7. The smallest absolute Gasteiger partial charge is 0.424 e. The highest BCUT2D eigenvalue weighted by atomic mass is 35.5. The van der Waals surface area contributed by atoms with Crippen molar-refractivity contribution in [2.45, 2.75) is 43.0 Å². The Morgan fingerprint density at radius 3 is 2.53 bits per heavy atom. The molecule has 2 aromatic heterocycles. The molecule has 43 heavy (non-hydrogen) atoms. The number of rotatable bonds is 7. The third-order valence-electron chi connectivity index (χ3n) is 7.95. The maximum Gasteiger partial charge on any atom is 0.424 e. The Labute approximate surface area is 246 Å². The van der Waals surface area contributed by atoms with Gasteiger partial charge < -0.3 is 20.9 Å². The molecule has 4 aromatic rings. The van der Waals surface area contributed by atoms with Gasteiger partial charge in [0.25, 0.3) is 5.91 Å². The summed E-state index contributed by atoms with van der Waals surface area (Å²) in [6.07, 6.45) is -1.99. The van der Waals surface area contributed by atoms with Crippen LogP contribution in [0.5, 0.6) is 5.75 Å². The summed E-state index contributed by atoms with van der Waals surface area (Å²) in [5, 5.41) is 18.5. The van der Waals surface area contributed by atoms with E-state index in [4.69, 9.17) is 22.1 Å². The molecule has 0 bridgehead atoms. The first-order valence-electron chi connectivity index (χ1n) is 13.2. The molecule has 1 fully saturated rings. The van der Waals surface area contributed by atoms with Gasteiger partial charge in [-0.15, -0.1) is 0 Å². The molecule has 224 valence electrons. The van der Waals surface area contributed by atoms with Crippen LogP contribution in [0.3, 0.4) is 0 Å². The first kappa shape index (κ1) is 28.9. The first-order valence-corrected chi connectivity index (χ1v) is 13.6. The second kappa shape index (κ2) is 9.91. The van der Waals surface area contributed by atoms with Crippen LogP contribution < -0.4 is 15.8 Å². The molecule has 0 saturated heterocycles. The van der Waals surface area contributed by atoms with Crippen LogP contribution in [-0.4, -0.2) is 51.0 Å². The van der Waals surface area contributed by atoms with Crippen molar-refractivity contribution in [3.8, 4) is 17.0 Å². The molecule has 2 atom stereocenters. The maximum absolute atomic E-state index is 14.7. The van der Waals surface area contributed by atoms with Crippen LogP contribution in [0.15, 0.2) is 48.7 Å². The minimum Gasteiger partial charge on any atom is -0.489 e. The molecule has 0 spiro atoms. The van der Waals surface area contributed by atoms with Crippen LogP contribution in [0.4, 0.5) is 17.6 Å². The van der Waals surface area contributed by atoms with Gasteiger partial charge in [-0.05, 0) is 62.2 Å². The summed E-state index contributed by atoms with van der Waals surface area (Å²) >= 11 is 6.35. The summed E-state index contributed by atoms with van der Waals surface area (Å²) < 4.78 is 65.0. The minimum atomic E-state index is -5.35. The number of alkyl halides is 3. The zero-order valence-corrected chi connectivity index (χ0v) is 23.3. The van der Waals surface area contributed by atoms with Crippen molar-refractivity contribution in [3.63, 3.8) is 0 Å². The highest BCUT2D eigenvalue weighted by Gasteiger charge is 2.57. The predicted octanol–water partition coefficient (Wildman–Crippen LogP) is 4.54. The fourth-order valence-electron chi connectivity index (χ4n) is 5.09. The number of fused-ring (bicyclic) bond motifs is 2. The van der Waals surface area contributed by atoms with Crippen LogP contribution in [0.25, 0.3) is 22.2 Å². The molecular formula is C29H24ClF4N5O4. The second-order valence-corrected chi connectivity index (χ2v) is 11.4. The largest absolute Gasteiger partial charge is 0.489 e. The number of carbonyl (C=O) groups excluding carboxylic acids is 2. The van der Waals surface area contributed by atoms with E-state index < -0.39 is 47.1 Å². The Bertz CT molecular complexity index is 1790. The average molecular weight is 618 g/mol. The van der Waals surface area contributed by atoms with Gasteiger partial charge in [-0.2, -0.15) is 18.3 Å². The third kappa shape index (κ3) is 4.76. The SMILES string of the molecule is C[C@]1(C(N)=O)COc2c1cc(C(O)(CNC(=O)c1cc(Cl)c3cnn(C4CC4)c3c1)C(F)(F)F)nc2-c1ccc(F)cc1. The topological polar surface area (TPSA) is 132 Å². The normalized spacial score (nSPS) is 19.5. The van der Waals surface area contributed by atoms with Crippen LogP contribution >= 0.6 is 11.6 Å². The Hall–Kier alpha value is -4.23. The fraction of sp³-hybridized carbons (Fsp3) is 0.310. The van der Waals surface area contributed by atoms with Crippen LogP contribution in [0.1, 0.15) is 47.4 Å². The van der Waals surface area contributed by atoms with Crippen molar-refractivity contribution in [1.29, 1.82) is 0 Å². The second-order valence-electron chi connectivity index (χ2n) is 11.0. The molecule has 2 aromatic carbocycles. The van der Waals surface area contributed by atoms with Gasteiger partial charge in [0.2, 0.25) is 11.5 Å². The van der Waals surface area contributed by atoms with Crippen LogP contribution in [-0.2, 0) is 15.8 Å². The van der Waals surface area contributed by atoms with Gasteiger partial charge in [-0.1, -0.05) is 11.6 Å². The Kier molecular flexibility index (Phi) is 6.66. The van der Waals surface area contributed by atoms with E-state index in [1.54, 1.807) is 10.9 Å². The number of ether oxygens (including phenoxy) is 1. The molecule has 1 saturated carbocycles. The lowest BCUT2D eigenvalue weighted by atomic mass is 9.81. The van der Waals surface area contributed by atoms with Gasteiger partial charge in [-0.25, -0.2) is 9.37 Å². The number of nitrogens with zero attached hydrogens (tertiary/aromatic N) is 3. The molecule has 1 unspecified atom stereocenters. The minimum absolute atomic E-state index is 0.0274. The molecule has 3 heterocycles. The third-order valence-corrected chi connectivity index (χ3v) is 8.27. The Morgan fingerprint density at radius 2 is 1.91 bits per heavy atom. The highest BCUT2D eigenvalue weighted by Crippen LogP contribution is 2.48. The fourth-order valence-corrected chi connectivity index (χ4v) is 5.36. The Balaban J connectivity index is 1.41. The average Bonchev–Trinajstić information content (AvgIpc) is 3.61. The molecule has 1 aliphatic carbocycles. The lowest BCUT2D eigenvalue weighted by molar-refractivity contribution is -0.265. The summed E-state index contributed by atoms with van der Waals surface area (Å²) in [6.45, 7) is -0.242. The van der Waals surface area contributed by atoms with Crippen molar-refractivity contribution in [2.75, 3.05) is 13.2 Å². The van der Waals surface area contributed by atoms with E-state index >= 15 is 0 Å². The Morgan fingerprint density at radius 1 is 1.21 bits per heavy atom. The number of hydrogen-bond acceptors (Lipinski definition) is 6. The highest BCUT2D eigenvalue weighted by molar-refractivity contribution is 6.35. The van der Waals surface area contributed by atoms with E-state index in [0.717, 1.165) is 31.0 Å². The lowest BCUT2D eigenvalue weighted by Crippen LogP contribution is -2.51. The summed E-state index contributed by atoms with van der Waals surface area (Å²) in [4.78, 5) is 29.6. The number of hydrogen-bond donors (Lipinski definition) is 3. The van der Waals surface area contributed by atoms with Crippen molar-refractivity contribution in [3.05, 3.63) is 76.3 Å². The molecule has 4 N–H and O–H groups in total. The van der Waals surface area contributed by atoms with Crippen molar-refractivity contribution < 1.29 is 37.0 Å². The quantitative estimate of drug-likeness (QED) is 0.261. The van der Waals surface area contributed by atoms with Crippen molar-refractivity contribution in [1.82, 2.24) is 20.1 Å². The molecule has 14 heteroatoms. The lowest BCUT2D eigenvalue weighted by Gasteiger charge is -2.31. The first-order chi connectivity index (χ1) is 20.2. The van der Waals surface area contributed by atoms with E-state index in [1.807, 2.05) is 0 Å². The van der Waals surface area contributed by atoms with Gasteiger partial charge in [0.05, 0.1) is 35.0 Å². The zero-order chi connectivity index (χ0) is 30.9. The molecule has 9 nitrogen and oxygen atoms in total. The van der Waals surface area contributed by atoms with E-state index in [9.17, 15) is 32.3 Å². The van der Waals surface area contributed by atoms with E-state index in [0.29, 0.717) is 10.9 Å². The number of primary amides is 1. The summed E-state index contributed by atoms with van der Waals surface area (Å²) in [7, 11) is 0. The number of nitrogens with two attached hydrogens (primary N) is 1. The molecular weight excluding hydrogens is 594 g/mol. The van der Waals surface area contributed by atoms with E-state index in [2.05, 4.69) is 15.4 Å². The van der Waals surface area contributed by atoms with Crippen LogP contribution in [0, 0.1) is 5.82 Å². The summed E-state index contributed by atoms with van der Waals surface area (Å²) in [6, 6.07) is 8.52. The van der Waals surface area contributed by atoms with E-state index in [-0.39, 0.29) is 45.8 Å². The van der Waals surface area contributed by atoms with Crippen molar-refractivity contribution in [2.24, 2.45) is 5.73 Å². The molecule has 6 rings (SSSR count). The number of aromatic nitrogens is 3. The molecule has 0 radical (unpaired) electrons. The zero-order valence-electron chi connectivity index (χ0n) is 22.5. The van der Waals surface area contributed by atoms with Gasteiger partial charge in [0.15, 0.2) is 0 Å². The van der Waals surface area contributed by atoms with Crippen LogP contribution in [0.2, 0.25) is 5.02 Å². The number of benzene rings is 2. The monoisotopic (exact) mass is 617 g/mol. The van der Waals surface area contributed by atoms with Gasteiger partial charge >= 0.3 is 6.18 Å². The number of aliphatic hydroxyl groups is 1. The molecule has 1 aliphatic heterocycles. The van der Waals surface area contributed by atoms with Gasteiger partial charge in [-0.3, -0.25) is 14.3 Å². The van der Waals surface area contributed by atoms with E-state index in [1.165, 1.54) is 31.2 Å². The standard InChI is InChI=1S/C29H24ClF4N5O4/c1-27(26(35)41)13-43-24-19(27)10-22(38-23(24)14-2-4-16(31)5-3-14)28(42,29(32,33)34)12-36-25(40)15-8-20(30)18-11-37-39(17-6-7-17)21(18)9-15/h2-5,8-11,17,42H,6-7,12-13H2,1H3,(H2,35,41)(H,36,40)/t27-,28?/m0/s1. The predicted molar refractivity (Wildman–Crippen MR) is 147 cm³/mol. The number of pyridine rings is 1. The van der Waals surface area contributed by atoms with Gasteiger partial charge in [0.1, 0.15) is 29.3 Å². The van der Waals surface area contributed by atoms with Crippen molar-refractivity contribution >= 4 is 34.3 Å². The summed E-state index contributed by atoms with van der Waals surface area (Å²) in [5.41, 5.74) is -0.135.